The number of methoxy groups -OCH3 is 1. The van der Waals surface area contributed by atoms with E-state index in [0.717, 1.165) is 12.8 Å². The Balaban J connectivity index is 1.61. The van der Waals surface area contributed by atoms with Gasteiger partial charge >= 0.3 is 0 Å². The van der Waals surface area contributed by atoms with Crippen LogP contribution in [0.4, 0.5) is 0 Å². The molecule has 11 atom stereocenters. The van der Waals surface area contributed by atoms with E-state index in [-0.39, 0.29) is 13.2 Å². The van der Waals surface area contributed by atoms with Crippen LogP contribution in [0.2, 0.25) is 0 Å². The highest BCUT2D eigenvalue weighted by atomic mass is 16.7. The zero-order chi connectivity index (χ0) is 33.0. The van der Waals surface area contributed by atoms with Crippen molar-refractivity contribution in [3.63, 3.8) is 0 Å². The van der Waals surface area contributed by atoms with Gasteiger partial charge in [-0.3, -0.25) is 0 Å². The second-order valence-electron chi connectivity index (χ2n) is 12.4. The van der Waals surface area contributed by atoms with Gasteiger partial charge in [-0.05, 0) is 6.42 Å². The van der Waals surface area contributed by atoms with Crippen LogP contribution in [0.1, 0.15) is 96.8 Å². The number of aliphatic hydroxyl groups is 7. The summed E-state index contributed by atoms with van der Waals surface area (Å²) in [5.41, 5.74) is 0. The maximum absolute atomic E-state index is 10.7. The van der Waals surface area contributed by atoms with E-state index in [4.69, 9.17) is 28.4 Å². The van der Waals surface area contributed by atoms with E-state index in [9.17, 15) is 35.7 Å². The van der Waals surface area contributed by atoms with Crippen LogP contribution in [0, 0.1) is 0 Å². The van der Waals surface area contributed by atoms with Crippen molar-refractivity contribution in [3.8, 4) is 0 Å². The molecule has 13 heteroatoms. The fourth-order valence-corrected chi connectivity index (χ4v) is 5.69. The number of hydrogen-bond acceptors (Lipinski definition) is 13. The molecule has 2 fully saturated rings. The molecular formula is C32H62O13. The quantitative estimate of drug-likeness (QED) is 0.0693. The second-order valence-corrected chi connectivity index (χ2v) is 12.4. The van der Waals surface area contributed by atoms with E-state index < -0.39 is 80.7 Å². The molecule has 7 N–H and O–H groups in total. The monoisotopic (exact) mass is 654 g/mol. The molecule has 0 amide bonds. The Labute approximate surface area is 268 Å². The summed E-state index contributed by atoms with van der Waals surface area (Å²) in [6.45, 7) is 1.81. The van der Waals surface area contributed by atoms with Crippen molar-refractivity contribution < 1.29 is 64.2 Å². The van der Waals surface area contributed by atoms with Crippen molar-refractivity contribution >= 4 is 0 Å². The minimum Gasteiger partial charge on any atom is -0.394 e. The van der Waals surface area contributed by atoms with E-state index >= 15 is 0 Å². The molecule has 0 unspecified atom stereocenters. The van der Waals surface area contributed by atoms with Gasteiger partial charge in [-0.1, -0.05) is 90.4 Å². The van der Waals surface area contributed by atoms with Crippen molar-refractivity contribution in [1.82, 2.24) is 0 Å². The molecule has 2 heterocycles. The van der Waals surface area contributed by atoms with Crippen LogP contribution in [0.15, 0.2) is 0 Å². The zero-order valence-corrected chi connectivity index (χ0v) is 27.4. The average Bonchev–Trinajstić information content (AvgIpc) is 3.05. The van der Waals surface area contributed by atoms with Crippen LogP contribution in [0.5, 0.6) is 0 Å². The van der Waals surface area contributed by atoms with Crippen LogP contribution in [-0.4, -0.2) is 143 Å². The van der Waals surface area contributed by atoms with Crippen LogP contribution in [0.25, 0.3) is 0 Å². The van der Waals surface area contributed by atoms with Gasteiger partial charge in [0.15, 0.2) is 12.6 Å². The molecule has 2 rings (SSSR count). The van der Waals surface area contributed by atoms with Crippen LogP contribution >= 0.6 is 0 Å². The first-order chi connectivity index (χ1) is 21.8. The first kappa shape index (κ1) is 40.7. The van der Waals surface area contributed by atoms with Crippen molar-refractivity contribution in [2.24, 2.45) is 0 Å². The molecule has 0 aromatic rings. The highest BCUT2D eigenvalue weighted by Gasteiger charge is 2.50. The average molecular weight is 655 g/mol. The Hall–Kier alpha value is -0.520. The van der Waals surface area contributed by atoms with E-state index in [0.29, 0.717) is 6.61 Å². The van der Waals surface area contributed by atoms with Gasteiger partial charge in [-0.15, -0.1) is 0 Å². The Morgan fingerprint density at radius 3 is 1.62 bits per heavy atom. The van der Waals surface area contributed by atoms with Crippen molar-refractivity contribution in [2.75, 3.05) is 40.1 Å². The third-order valence-electron chi connectivity index (χ3n) is 8.69. The first-order valence-electron chi connectivity index (χ1n) is 17.1. The third kappa shape index (κ3) is 14.2. The molecule has 0 aromatic heterocycles. The summed E-state index contributed by atoms with van der Waals surface area (Å²) in [5, 5.41) is 70.9. The maximum Gasteiger partial charge on any atom is 0.187 e. The molecule has 0 radical (unpaired) electrons. The topological polar surface area (TPSA) is 197 Å². The number of unbranched alkanes of at least 4 members (excludes halogenated alkanes) is 13. The normalized spacial score (nSPS) is 33.0. The van der Waals surface area contributed by atoms with Crippen LogP contribution < -0.4 is 0 Å². The fraction of sp³-hybridized carbons (Fsp3) is 1.00. The van der Waals surface area contributed by atoms with Crippen LogP contribution in [-0.2, 0) is 28.4 Å². The van der Waals surface area contributed by atoms with Crippen LogP contribution in [0.3, 0.4) is 0 Å². The molecule has 45 heavy (non-hydrogen) atoms. The van der Waals surface area contributed by atoms with E-state index in [1.165, 1.54) is 84.2 Å². The highest BCUT2D eigenvalue weighted by Crippen LogP contribution is 2.29. The minimum absolute atomic E-state index is 0.0138. The molecule has 0 aromatic carbocycles. The SMILES string of the molecule is CCCCCCCCCCCCCCCCOC[C@H](CO[C@@H]1O[C@H](CO)[C@@H](O[C@H]2O[C@H](CO)[C@@H](O)[C@H](O)[C@H]2O)[C@H](O)[C@H]1O)OC. The van der Waals surface area contributed by atoms with Crippen molar-refractivity contribution in [1.29, 1.82) is 0 Å². The number of ether oxygens (including phenoxy) is 6. The molecule has 0 saturated carbocycles. The molecule has 268 valence electrons. The molecule has 2 saturated heterocycles. The minimum atomic E-state index is -1.73. The lowest BCUT2D eigenvalue weighted by Gasteiger charge is -2.46. The lowest BCUT2D eigenvalue weighted by molar-refractivity contribution is -0.360. The lowest BCUT2D eigenvalue weighted by atomic mass is 9.97. The summed E-state index contributed by atoms with van der Waals surface area (Å²) in [5.74, 6) is 0. The molecular weight excluding hydrogens is 592 g/mol. The standard InChI is InChI=1S/C32H62O13/c1-3-4-5-6-7-8-9-10-11-12-13-14-15-16-17-41-20-22(40-2)21-42-31-29(39)27(37)30(24(19-34)44-31)45-32-28(38)26(36)25(35)23(18-33)43-32/h22-39H,3-21H2,1-2H3/t22-,23-,24-,25-,26+,27-,28-,29-,30-,31-,32-/m1/s1. The van der Waals surface area contributed by atoms with Gasteiger partial charge in [0.25, 0.3) is 0 Å². The van der Waals surface area contributed by atoms with Gasteiger partial charge in [-0.25, -0.2) is 0 Å². The van der Waals surface area contributed by atoms with E-state index in [1.807, 2.05) is 0 Å². The van der Waals surface area contributed by atoms with Gasteiger partial charge in [0, 0.05) is 13.7 Å². The van der Waals surface area contributed by atoms with E-state index in [2.05, 4.69) is 6.92 Å². The molecule has 0 aliphatic carbocycles. The fourth-order valence-electron chi connectivity index (χ4n) is 5.69. The smallest absolute Gasteiger partial charge is 0.187 e. The Morgan fingerprint density at radius 1 is 0.578 bits per heavy atom. The predicted molar refractivity (Wildman–Crippen MR) is 164 cm³/mol. The van der Waals surface area contributed by atoms with Gasteiger partial charge in [0.05, 0.1) is 26.4 Å². The zero-order valence-electron chi connectivity index (χ0n) is 27.4. The second kappa shape index (κ2) is 23.7. The highest BCUT2D eigenvalue weighted by molar-refractivity contribution is 4.94. The van der Waals surface area contributed by atoms with Gasteiger partial charge in [0.2, 0.25) is 0 Å². The molecule has 0 bridgehead atoms. The number of hydrogen-bond donors (Lipinski definition) is 7. The summed E-state index contributed by atoms with van der Waals surface area (Å²) in [6, 6.07) is 0. The first-order valence-corrected chi connectivity index (χ1v) is 17.1. The summed E-state index contributed by atoms with van der Waals surface area (Å²) < 4.78 is 33.4. The van der Waals surface area contributed by atoms with E-state index in [1.54, 1.807) is 0 Å². The third-order valence-corrected chi connectivity index (χ3v) is 8.69. The van der Waals surface area contributed by atoms with Gasteiger partial charge in [-0.2, -0.15) is 0 Å². The largest absolute Gasteiger partial charge is 0.394 e. The lowest BCUT2D eigenvalue weighted by Crippen LogP contribution is -2.64. The molecule has 2 aliphatic heterocycles. The summed E-state index contributed by atoms with van der Waals surface area (Å²) in [6.07, 6.45) is 2.60. The Kier molecular flexibility index (Phi) is 21.5. The Morgan fingerprint density at radius 2 is 1.09 bits per heavy atom. The number of rotatable bonds is 25. The predicted octanol–water partition coefficient (Wildman–Crippen LogP) is 1.14. The summed E-state index contributed by atoms with van der Waals surface area (Å²) in [4.78, 5) is 0. The maximum atomic E-state index is 10.7. The van der Waals surface area contributed by atoms with Crippen molar-refractivity contribution in [3.05, 3.63) is 0 Å². The molecule has 0 spiro atoms. The summed E-state index contributed by atoms with van der Waals surface area (Å²) >= 11 is 0. The summed E-state index contributed by atoms with van der Waals surface area (Å²) in [7, 11) is 1.51. The van der Waals surface area contributed by atoms with Gasteiger partial charge < -0.3 is 64.2 Å². The number of aliphatic hydroxyl groups excluding tert-OH is 7. The molecule has 2 aliphatic rings. The van der Waals surface area contributed by atoms with Gasteiger partial charge in [0.1, 0.15) is 54.9 Å². The Bertz CT molecular complexity index is 715. The van der Waals surface area contributed by atoms with Crippen molar-refractivity contribution in [2.45, 2.75) is 164 Å². The molecule has 13 nitrogen and oxygen atoms in total.